The van der Waals surface area contributed by atoms with E-state index in [-0.39, 0.29) is 18.3 Å². The smallest absolute Gasteiger partial charge is 0.0876 e. The second-order valence-corrected chi connectivity index (χ2v) is 8.77. The molecule has 1 aliphatic rings. The van der Waals surface area contributed by atoms with Gasteiger partial charge in [-0.2, -0.15) is 0 Å². The van der Waals surface area contributed by atoms with Gasteiger partial charge < -0.3 is 9.84 Å². The molecular formula is C19H23NO3S. The van der Waals surface area contributed by atoms with E-state index < -0.39 is 21.4 Å². The van der Waals surface area contributed by atoms with E-state index >= 15 is 0 Å². The van der Waals surface area contributed by atoms with Crippen LogP contribution in [0.25, 0.3) is 0 Å². The van der Waals surface area contributed by atoms with Crippen molar-refractivity contribution in [1.82, 2.24) is 0 Å². The first kappa shape index (κ1) is 17.1. The molecule has 5 heteroatoms. The highest BCUT2D eigenvalue weighted by molar-refractivity contribution is 7.93. The topological polar surface area (TPSA) is 58.9 Å². The fourth-order valence-corrected chi connectivity index (χ4v) is 5.64. The molecule has 3 rings (SSSR count). The summed E-state index contributed by atoms with van der Waals surface area (Å²) >= 11 is 0. The van der Waals surface area contributed by atoms with E-state index in [0.29, 0.717) is 4.90 Å². The van der Waals surface area contributed by atoms with Crippen LogP contribution in [0.3, 0.4) is 0 Å². The van der Waals surface area contributed by atoms with Crippen molar-refractivity contribution in [2.45, 2.75) is 29.4 Å². The SMILES string of the molecule is CN=[S@@](=O)(C[C@@]1(C)OC[C@H](O)[C@@H]1c1ccccc1)c1ccccc1. The monoisotopic (exact) mass is 345 g/mol. The summed E-state index contributed by atoms with van der Waals surface area (Å²) in [6.07, 6.45) is -0.617. The van der Waals surface area contributed by atoms with E-state index in [1.165, 1.54) is 0 Å². The standard InChI is InChI=1S/C19H23NO3S/c1-19(14-24(22,20-2)16-11-7-4-8-12-16)18(17(21)13-23-19)15-9-5-3-6-10-15/h3-12,17-18,21H,13-14H2,1-2H3/t17-,18-,19+,24+/m0/s1. The maximum Gasteiger partial charge on any atom is 0.0876 e. The number of rotatable bonds is 4. The van der Waals surface area contributed by atoms with Crippen molar-refractivity contribution in [1.29, 1.82) is 0 Å². The Labute approximate surface area is 143 Å². The van der Waals surface area contributed by atoms with Gasteiger partial charge in [-0.25, -0.2) is 8.57 Å². The van der Waals surface area contributed by atoms with Gasteiger partial charge in [0, 0.05) is 17.9 Å². The average Bonchev–Trinajstić information content (AvgIpc) is 2.90. The molecule has 128 valence electrons. The Bertz CT molecular complexity index is 800. The molecule has 1 fully saturated rings. The minimum absolute atomic E-state index is 0.231. The Kier molecular flexibility index (Phi) is 4.76. The van der Waals surface area contributed by atoms with Gasteiger partial charge in [0.05, 0.1) is 33.8 Å². The van der Waals surface area contributed by atoms with Crippen LogP contribution in [0.5, 0.6) is 0 Å². The molecule has 4 nitrogen and oxygen atoms in total. The quantitative estimate of drug-likeness (QED) is 0.926. The van der Waals surface area contributed by atoms with Gasteiger partial charge in [0.2, 0.25) is 0 Å². The van der Waals surface area contributed by atoms with Crippen LogP contribution in [0.1, 0.15) is 18.4 Å². The molecule has 0 radical (unpaired) electrons. The van der Waals surface area contributed by atoms with Gasteiger partial charge in [0.25, 0.3) is 0 Å². The van der Waals surface area contributed by atoms with Crippen LogP contribution in [0, 0.1) is 0 Å². The third-order valence-corrected chi connectivity index (χ3v) is 7.24. The number of aliphatic hydroxyl groups is 1. The van der Waals surface area contributed by atoms with Gasteiger partial charge in [-0.15, -0.1) is 0 Å². The number of nitrogens with zero attached hydrogens (tertiary/aromatic N) is 1. The van der Waals surface area contributed by atoms with Crippen molar-refractivity contribution in [2.75, 3.05) is 19.4 Å². The second kappa shape index (κ2) is 6.67. The van der Waals surface area contributed by atoms with E-state index in [1.807, 2.05) is 67.6 Å². The molecule has 1 N–H and O–H groups in total. The lowest BCUT2D eigenvalue weighted by molar-refractivity contribution is 0.0276. The van der Waals surface area contributed by atoms with Crippen molar-refractivity contribution < 1.29 is 14.1 Å². The molecule has 1 aliphatic heterocycles. The molecule has 0 spiro atoms. The molecule has 4 atom stereocenters. The van der Waals surface area contributed by atoms with Crippen LogP contribution in [-0.2, 0) is 14.5 Å². The molecule has 1 heterocycles. The second-order valence-electron chi connectivity index (χ2n) is 6.36. The molecule has 0 aliphatic carbocycles. The fraction of sp³-hybridized carbons (Fsp3) is 0.368. The first-order chi connectivity index (χ1) is 11.5. The number of hydrogen-bond acceptors (Lipinski definition) is 4. The normalized spacial score (nSPS) is 29.1. The summed E-state index contributed by atoms with van der Waals surface area (Å²) in [5.74, 6) is 0.0157. The van der Waals surface area contributed by atoms with E-state index in [9.17, 15) is 9.32 Å². The van der Waals surface area contributed by atoms with E-state index in [1.54, 1.807) is 7.05 Å². The van der Waals surface area contributed by atoms with Crippen LogP contribution in [-0.4, -0.2) is 40.4 Å². The zero-order valence-electron chi connectivity index (χ0n) is 14.0. The minimum Gasteiger partial charge on any atom is -0.390 e. The molecule has 0 bridgehead atoms. The summed E-state index contributed by atoms with van der Waals surface area (Å²) in [6.45, 7) is 2.17. The van der Waals surface area contributed by atoms with Gasteiger partial charge in [0.15, 0.2) is 0 Å². The van der Waals surface area contributed by atoms with Crippen molar-refractivity contribution in [3.8, 4) is 0 Å². The van der Waals surface area contributed by atoms with Gasteiger partial charge in [-0.05, 0) is 24.6 Å². The van der Waals surface area contributed by atoms with Gasteiger partial charge >= 0.3 is 0 Å². The summed E-state index contributed by atoms with van der Waals surface area (Å²) in [5, 5.41) is 10.5. The van der Waals surface area contributed by atoms with Crippen molar-refractivity contribution in [3.05, 3.63) is 66.2 Å². The van der Waals surface area contributed by atoms with Crippen LogP contribution in [0.4, 0.5) is 0 Å². The van der Waals surface area contributed by atoms with E-state index in [0.717, 1.165) is 5.56 Å². The number of ether oxygens (including phenoxy) is 1. The zero-order valence-corrected chi connectivity index (χ0v) is 14.8. The largest absolute Gasteiger partial charge is 0.390 e. The predicted molar refractivity (Wildman–Crippen MR) is 95.6 cm³/mol. The number of hydrogen-bond donors (Lipinski definition) is 1. The highest BCUT2D eigenvalue weighted by Crippen LogP contribution is 2.42. The maximum atomic E-state index is 13.5. The molecule has 24 heavy (non-hydrogen) atoms. The zero-order chi connectivity index (χ0) is 17.2. The summed E-state index contributed by atoms with van der Waals surface area (Å²) in [6, 6.07) is 19.1. The predicted octanol–water partition coefficient (Wildman–Crippen LogP) is 3.08. The first-order valence-corrected chi connectivity index (χ1v) is 9.72. The molecule has 2 aromatic carbocycles. The van der Waals surface area contributed by atoms with Gasteiger partial charge in [-0.3, -0.25) is 0 Å². The summed E-state index contributed by atoms with van der Waals surface area (Å²) in [4.78, 5) is 0.700. The molecule has 1 saturated heterocycles. The van der Waals surface area contributed by atoms with Gasteiger partial charge in [0.1, 0.15) is 0 Å². The Morgan fingerprint density at radius 1 is 1.17 bits per heavy atom. The Morgan fingerprint density at radius 2 is 1.75 bits per heavy atom. The molecule has 0 saturated carbocycles. The van der Waals surface area contributed by atoms with Crippen LogP contribution in [0.15, 0.2) is 69.9 Å². The maximum absolute atomic E-state index is 13.5. The summed E-state index contributed by atoms with van der Waals surface area (Å²) < 4.78 is 23.6. The minimum atomic E-state index is -2.62. The Balaban J connectivity index is 1.99. The average molecular weight is 345 g/mol. The molecule has 2 aromatic rings. The number of benzene rings is 2. The summed E-state index contributed by atoms with van der Waals surface area (Å²) in [5.41, 5.74) is 0.253. The Morgan fingerprint density at radius 3 is 2.33 bits per heavy atom. The van der Waals surface area contributed by atoms with Crippen LogP contribution in [0.2, 0.25) is 0 Å². The lowest BCUT2D eigenvalue weighted by atomic mass is 9.83. The summed E-state index contributed by atoms with van der Waals surface area (Å²) in [7, 11) is -1.04. The Hall–Kier alpha value is -1.69. The lowest BCUT2D eigenvalue weighted by Gasteiger charge is -2.32. The first-order valence-electron chi connectivity index (χ1n) is 8.03. The van der Waals surface area contributed by atoms with Crippen molar-refractivity contribution in [2.24, 2.45) is 4.36 Å². The highest BCUT2D eigenvalue weighted by Gasteiger charge is 2.48. The van der Waals surface area contributed by atoms with Crippen molar-refractivity contribution >= 4 is 9.73 Å². The third-order valence-electron chi connectivity index (χ3n) is 4.67. The number of aliphatic hydroxyl groups excluding tert-OH is 1. The van der Waals surface area contributed by atoms with E-state index in [4.69, 9.17) is 4.74 Å². The molecule has 0 amide bonds. The van der Waals surface area contributed by atoms with Crippen LogP contribution >= 0.6 is 0 Å². The molecule has 0 unspecified atom stereocenters. The fourth-order valence-electron chi connectivity index (χ4n) is 3.51. The molecule has 0 aromatic heterocycles. The highest BCUT2D eigenvalue weighted by atomic mass is 32.2. The lowest BCUT2D eigenvalue weighted by Crippen LogP contribution is -2.40. The van der Waals surface area contributed by atoms with E-state index in [2.05, 4.69) is 4.36 Å². The van der Waals surface area contributed by atoms with Gasteiger partial charge in [-0.1, -0.05) is 48.5 Å². The molecular weight excluding hydrogens is 322 g/mol. The van der Waals surface area contributed by atoms with Crippen molar-refractivity contribution in [3.63, 3.8) is 0 Å². The van der Waals surface area contributed by atoms with Crippen LogP contribution < -0.4 is 0 Å². The third kappa shape index (κ3) is 3.11.